The topological polar surface area (TPSA) is 30.9 Å². The fraction of sp³-hybridized carbons (Fsp3) is 0.625. The maximum absolute atomic E-state index is 5.99. The van der Waals surface area contributed by atoms with Crippen LogP contribution < -0.4 is 9.47 Å². The highest BCUT2D eigenvalue weighted by Gasteiger charge is 2.31. The first-order valence-electron chi connectivity index (χ1n) is 7.58. The zero-order chi connectivity index (χ0) is 13.9. The summed E-state index contributed by atoms with van der Waals surface area (Å²) in [6.07, 6.45) is 2.53. The second-order valence-corrected chi connectivity index (χ2v) is 5.47. The van der Waals surface area contributed by atoms with Gasteiger partial charge in [-0.05, 0) is 37.6 Å². The van der Waals surface area contributed by atoms with Gasteiger partial charge in [-0.3, -0.25) is 0 Å². The second-order valence-electron chi connectivity index (χ2n) is 5.47. The molecule has 0 radical (unpaired) electrons. The van der Waals surface area contributed by atoms with E-state index in [1.807, 2.05) is 6.07 Å². The summed E-state index contributed by atoms with van der Waals surface area (Å²) in [6, 6.07) is 4.14. The van der Waals surface area contributed by atoms with Crippen molar-refractivity contribution in [2.75, 3.05) is 26.4 Å². The molecule has 2 heterocycles. The van der Waals surface area contributed by atoms with Gasteiger partial charge in [0.15, 0.2) is 11.5 Å². The first-order chi connectivity index (χ1) is 9.83. The first kappa shape index (κ1) is 13.7. The molecule has 1 atom stereocenters. The van der Waals surface area contributed by atoms with Crippen LogP contribution in [0, 0.1) is 0 Å². The predicted molar refractivity (Wildman–Crippen MR) is 77.1 cm³/mol. The number of nitrogens with zero attached hydrogens (tertiary/aromatic N) is 1. The summed E-state index contributed by atoms with van der Waals surface area (Å²) in [5.74, 6) is 1.74. The number of rotatable bonds is 6. The van der Waals surface area contributed by atoms with E-state index in [2.05, 4.69) is 24.8 Å². The molecule has 3 rings (SSSR count). The highest BCUT2D eigenvalue weighted by Crippen LogP contribution is 2.44. The van der Waals surface area contributed by atoms with Crippen molar-refractivity contribution in [1.29, 1.82) is 0 Å². The Labute approximate surface area is 120 Å². The van der Waals surface area contributed by atoms with Crippen molar-refractivity contribution in [3.05, 3.63) is 23.3 Å². The van der Waals surface area contributed by atoms with Gasteiger partial charge in [0.05, 0.1) is 12.7 Å². The van der Waals surface area contributed by atoms with Crippen molar-refractivity contribution in [3.8, 4) is 11.5 Å². The Morgan fingerprint density at radius 3 is 2.70 bits per heavy atom. The van der Waals surface area contributed by atoms with E-state index in [1.54, 1.807) is 0 Å². The summed E-state index contributed by atoms with van der Waals surface area (Å²) in [7, 11) is 0. The van der Waals surface area contributed by atoms with E-state index in [-0.39, 0.29) is 6.10 Å². The van der Waals surface area contributed by atoms with Gasteiger partial charge in [0.25, 0.3) is 0 Å². The lowest BCUT2D eigenvalue weighted by molar-refractivity contribution is 0.0360. The van der Waals surface area contributed by atoms with Crippen molar-refractivity contribution in [3.63, 3.8) is 0 Å². The van der Waals surface area contributed by atoms with Crippen molar-refractivity contribution >= 4 is 0 Å². The van der Waals surface area contributed by atoms with E-state index in [0.29, 0.717) is 13.4 Å². The third-order valence-corrected chi connectivity index (χ3v) is 3.96. The van der Waals surface area contributed by atoms with Gasteiger partial charge in [-0.15, -0.1) is 0 Å². The number of fused-ring (bicyclic) bond motifs is 3. The summed E-state index contributed by atoms with van der Waals surface area (Å²) < 4.78 is 17.0. The van der Waals surface area contributed by atoms with Crippen LogP contribution in [0.25, 0.3) is 0 Å². The molecule has 0 spiro atoms. The number of benzene rings is 1. The molecule has 0 aliphatic carbocycles. The standard InChI is InChI=1S/C16H23NO3/c1-3-7-17(8-4-2)9-15-12-5-6-14-16(20-11-19-14)13(12)10-18-15/h5-6,15H,3-4,7-11H2,1-2H3. The molecule has 0 bridgehead atoms. The van der Waals surface area contributed by atoms with Gasteiger partial charge in [0.2, 0.25) is 6.79 Å². The van der Waals surface area contributed by atoms with E-state index in [4.69, 9.17) is 14.2 Å². The highest BCUT2D eigenvalue weighted by atomic mass is 16.7. The summed E-state index contributed by atoms with van der Waals surface area (Å²) >= 11 is 0. The molecule has 1 aromatic carbocycles. The van der Waals surface area contributed by atoms with Gasteiger partial charge in [0, 0.05) is 12.1 Å². The van der Waals surface area contributed by atoms with Gasteiger partial charge < -0.3 is 19.1 Å². The third kappa shape index (κ3) is 2.50. The molecule has 0 saturated carbocycles. The molecule has 20 heavy (non-hydrogen) atoms. The van der Waals surface area contributed by atoms with Crippen LogP contribution in [0.15, 0.2) is 12.1 Å². The Balaban J connectivity index is 1.76. The van der Waals surface area contributed by atoms with E-state index >= 15 is 0 Å². The minimum atomic E-state index is 0.164. The minimum absolute atomic E-state index is 0.164. The highest BCUT2D eigenvalue weighted by molar-refractivity contribution is 5.53. The molecule has 2 aliphatic rings. The van der Waals surface area contributed by atoms with Gasteiger partial charge >= 0.3 is 0 Å². The Bertz CT molecular complexity index is 469. The third-order valence-electron chi connectivity index (χ3n) is 3.96. The lowest BCUT2D eigenvalue weighted by atomic mass is 10.0. The number of hydrogen-bond donors (Lipinski definition) is 0. The monoisotopic (exact) mass is 277 g/mol. The molecule has 4 nitrogen and oxygen atoms in total. The van der Waals surface area contributed by atoms with Gasteiger partial charge in [0.1, 0.15) is 0 Å². The molecule has 1 aromatic rings. The molecule has 2 aliphatic heterocycles. The summed E-state index contributed by atoms with van der Waals surface area (Å²) in [5.41, 5.74) is 2.45. The SMILES string of the molecule is CCCN(CCC)CC1OCc2c1ccc1c2OCO1. The lowest BCUT2D eigenvalue weighted by Gasteiger charge is -2.24. The maximum atomic E-state index is 5.99. The smallest absolute Gasteiger partial charge is 0.231 e. The van der Waals surface area contributed by atoms with Crippen molar-refractivity contribution in [1.82, 2.24) is 4.90 Å². The molecule has 0 amide bonds. The quantitative estimate of drug-likeness (QED) is 0.799. The Hall–Kier alpha value is -1.26. The fourth-order valence-electron chi connectivity index (χ4n) is 3.08. The molecule has 0 fully saturated rings. The van der Waals surface area contributed by atoms with Crippen molar-refractivity contribution in [2.24, 2.45) is 0 Å². The zero-order valence-corrected chi connectivity index (χ0v) is 12.4. The number of hydrogen-bond acceptors (Lipinski definition) is 4. The van der Waals surface area contributed by atoms with Gasteiger partial charge in [-0.2, -0.15) is 0 Å². The Morgan fingerprint density at radius 1 is 1.15 bits per heavy atom. The molecule has 4 heteroatoms. The van der Waals surface area contributed by atoms with Crippen LogP contribution in [0.3, 0.4) is 0 Å². The van der Waals surface area contributed by atoms with E-state index in [1.165, 1.54) is 24.0 Å². The normalized spacial score (nSPS) is 19.6. The average molecular weight is 277 g/mol. The molecule has 0 aromatic heterocycles. The first-order valence-corrected chi connectivity index (χ1v) is 7.58. The molecule has 1 unspecified atom stereocenters. The van der Waals surface area contributed by atoms with Crippen LogP contribution in [-0.2, 0) is 11.3 Å². The molecule has 0 N–H and O–H groups in total. The van der Waals surface area contributed by atoms with Crippen LogP contribution >= 0.6 is 0 Å². The van der Waals surface area contributed by atoms with Crippen molar-refractivity contribution in [2.45, 2.75) is 39.4 Å². The molecule has 110 valence electrons. The summed E-state index contributed by atoms with van der Waals surface area (Å²) in [6.45, 7) is 8.65. The van der Waals surface area contributed by atoms with Crippen LogP contribution in [0.2, 0.25) is 0 Å². The van der Waals surface area contributed by atoms with Gasteiger partial charge in [-0.1, -0.05) is 19.9 Å². The predicted octanol–water partition coefficient (Wildman–Crippen LogP) is 3.11. The minimum Gasteiger partial charge on any atom is -0.454 e. The van der Waals surface area contributed by atoms with E-state index < -0.39 is 0 Å². The maximum Gasteiger partial charge on any atom is 0.231 e. The summed E-state index contributed by atoms with van der Waals surface area (Å²) in [4.78, 5) is 2.49. The van der Waals surface area contributed by atoms with Crippen LogP contribution in [0.4, 0.5) is 0 Å². The Kier molecular flexibility index (Phi) is 4.13. The van der Waals surface area contributed by atoms with Crippen LogP contribution in [0.1, 0.15) is 43.9 Å². The van der Waals surface area contributed by atoms with E-state index in [9.17, 15) is 0 Å². The fourth-order valence-corrected chi connectivity index (χ4v) is 3.08. The van der Waals surface area contributed by atoms with Crippen LogP contribution in [0.5, 0.6) is 11.5 Å². The largest absolute Gasteiger partial charge is 0.454 e. The number of ether oxygens (including phenoxy) is 3. The average Bonchev–Trinajstić information content (AvgIpc) is 3.05. The lowest BCUT2D eigenvalue weighted by Crippen LogP contribution is -2.30. The molecular weight excluding hydrogens is 254 g/mol. The van der Waals surface area contributed by atoms with Crippen molar-refractivity contribution < 1.29 is 14.2 Å². The molecular formula is C16H23NO3. The Morgan fingerprint density at radius 2 is 1.95 bits per heavy atom. The van der Waals surface area contributed by atoms with Crippen LogP contribution in [-0.4, -0.2) is 31.3 Å². The summed E-state index contributed by atoms with van der Waals surface area (Å²) in [5, 5.41) is 0. The molecule has 0 saturated heterocycles. The zero-order valence-electron chi connectivity index (χ0n) is 12.4. The second kappa shape index (κ2) is 6.02. The van der Waals surface area contributed by atoms with E-state index in [0.717, 1.165) is 31.1 Å². The van der Waals surface area contributed by atoms with Gasteiger partial charge in [-0.25, -0.2) is 0 Å².